The topological polar surface area (TPSA) is 73.7 Å². The monoisotopic (exact) mass is 503 g/mol. The molecule has 1 atom stereocenters. The highest BCUT2D eigenvalue weighted by molar-refractivity contribution is 6.07. The van der Waals surface area contributed by atoms with Crippen LogP contribution in [0, 0.1) is 16.7 Å². The zero-order valence-corrected chi connectivity index (χ0v) is 22.4. The van der Waals surface area contributed by atoms with Crippen LogP contribution in [0.25, 0.3) is 0 Å². The molecule has 0 saturated carbocycles. The first kappa shape index (κ1) is 26.9. The van der Waals surface area contributed by atoms with E-state index in [1.54, 1.807) is 4.90 Å². The van der Waals surface area contributed by atoms with Gasteiger partial charge in [-0.15, -0.1) is 0 Å². The quantitative estimate of drug-likeness (QED) is 0.342. The molecule has 2 aliphatic heterocycles. The molecular weight excluding hydrogens is 462 g/mol. The Hall–Kier alpha value is -3.15. The fourth-order valence-electron chi connectivity index (χ4n) is 5.72. The van der Waals surface area contributed by atoms with Crippen LogP contribution in [-0.4, -0.2) is 47.1 Å². The van der Waals surface area contributed by atoms with Gasteiger partial charge in [0.05, 0.1) is 5.41 Å². The molecule has 1 unspecified atom stereocenters. The van der Waals surface area contributed by atoms with Gasteiger partial charge in [-0.1, -0.05) is 57.7 Å². The summed E-state index contributed by atoms with van der Waals surface area (Å²) in [6.07, 6.45) is 8.36. The molecule has 0 bridgehead atoms. The van der Waals surface area contributed by atoms with Crippen molar-refractivity contribution in [2.75, 3.05) is 19.6 Å². The van der Waals surface area contributed by atoms with Gasteiger partial charge in [-0.25, -0.2) is 0 Å². The van der Waals surface area contributed by atoms with Crippen LogP contribution in [-0.2, 0) is 4.79 Å². The summed E-state index contributed by atoms with van der Waals surface area (Å²) >= 11 is 0. The Labute approximate surface area is 221 Å². The van der Waals surface area contributed by atoms with Crippen molar-refractivity contribution < 1.29 is 14.3 Å². The smallest absolute Gasteiger partial charge is 0.253 e. The van der Waals surface area contributed by atoms with E-state index in [-0.39, 0.29) is 17.2 Å². The molecule has 6 heteroatoms. The number of hydrogen-bond donors (Lipinski definition) is 1. The third-order valence-electron chi connectivity index (χ3n) is 7.96. The first-order chi connectivity index (χ1) is 18.0. The van der Waals surface area contributed by atoms with Gasteiger partial charge in [-0.05, 0) is 68.0 Å². The molecule has 2 heterocycles. The number of ether oxygens (including phenoxy) is 1. The number of unbranched alkanes of at least 4 members (excludes halogenated alkanes) is 2. The van der Waals surface area contributed by atoms with Gasteiger partial charge in [-0.2, -0.15) is 0 Å². The zero-order valence-electron chi connectivity index (χ0n) is 22.4. The molecule has 0 aromatic heterocycles. The van der Waals surface area contributed by atoms with Gasteiger partial charge in [0.1, 0.15) is 17.3 Å². The highest BCUT2D eigenvalue weighted by Gasteiger charge is 2.48. The number of rotatable bonds is 12. The Morgan fingerprint density at radius 1 is 1.00 bits per heavy atom. The molecule has 0 aliphatic carbocycles. The van der Waals surface area contributed by atoms with E-state index < -0.39 is 0 Å². The molecule has 2 aliphatic rings. The second-order valence-electron chi connectivity index (χ2n) is 10.7. The van der Waals surface area contributed by atoms with Crippen molar-refractivity contribution in [3.05, 3.63) is 60.2 Å². The Kier molecular flexibility index (Phi) is 9.01. The predicted molar refractivity (Wildman–Crippen MR) is 147 cm³/mol. The summed E-state index contributed by atoms with van der Waals surface area (Å²) in [5, 5.41) is 8.58. The lowest BCUT2D eigenvalue weighted by molar-refractivity contribution is -0.135. The van der Waals surface area contributed by atoms with Gasteiger partial charge >= 0.3 is 0 Å². The van der Waals surface area contributed by atoms with Crippen LogP contribution in [0.15, 0.2) is 54.6 Å². The molecule has 4 rings (SSSR count). The fraction of sp³-hybridized carbons (Fsp3) is 0.516. The van der Waals surface area contributed by atoms with Crippen molar-refractivity contribution in [3.63, 3.8) is 0 Å². The molecule has 0 spiro atoms. The number of amides is 2. The molecule has 2 aromatic carbocycles. The van der Waals surface area contributed by atoms with E-state index in [1.807, 2.05) is 59.5 Å². The number of hydrogen-bond acceptors (Lipinski definition) is 4. The van der Waals surface area contributed by atoms with E-state index in [2.05, 4.69) is 13.8 Å². The third-order valence-corrected chi connectivity index (χ3v) is 7.96. The molecule has 2 saturated heterocycles. The Bertz CT molecular complexity index is 1060. The maximum absolute atomic E-state index is 13.5. The van der Waals surface area contributed by atoms with Crippen LogP contribution in [0.1, 0.15) is 82.0 Å². The first-order valence-electron chi connectivity index (χ1n) is 14.0. The number of nitrogens with one attached hydrogen (secondary N) is 1. The van der Waals surface area contributed by atoms with Crippen molar-refractivity contribution in [1.82, 2.24) is 9.80 Å². The van der Waals surface area contributed by atoms with Gasteiger partial charge in [0.2, 0.25) is 5.91 Å². The Balaban J connectivity index is 1.29. The molecular formula is C31H41N3O3. The number of amidine groups is 1. The normalized spacial score (nSPS) is 19.0. The predicted octanol–water partition coefficient (Wildman–Crippen LogP) is 6.91. The van der Waals surface area contributed by atoms with Crippen LogP contribution >= 0.6 is 0 Å². The zero-order chi connectivity index (χ0) is 26.3. The molecule has 1 N–H and O–H groups in total. The summed E-state index contributed by atoms with van der Waals surface area (Å²) in [5.74, 6) is 2.52. The van der Waals surface area contributed by atoms with Gasteiger partial charge in [0.25, 0.3) is 5.91 Å². The van der Waals surface area contributed by atoms with E-state index in [4.69, 9.17) is 10.1 Å². The van der Waals surface area contributed by atoms with E-state index in [0.29, 0.717) is 42.6 Å². The van der Waals surface area contributed by atoms with E-state index in [9.17, 15) is 9.59 Å². The number of likely N-dealkylation sites (tertiary alicyclic amines) is 2. The van der Waals surface area contributed by atoms with Crippen molar-refractivity contribution in [2.45, 2.75) is 71.6 Å². The number of carbonyl (C=O) groups excluding carboxylic acids is 2. The maximum atomic E-state index is 13.5. The highest BCUT2D eigenvalue weighted by Crippen LogP contribution is 2.42. The molecule has 0 radical (unpaired) electrons. The Morgan fingerprint density at radius 3 is 2.30 bits per heavy atom. The summed E-state index contributed by atoms with van der Waals surface area (Å²) in [6, 6.07) is 16.9. The number of carbonyl (C=O) groups is 2. The summed E-state index contributed by atoms with van der Waals surface area (Å²) in [5.41, 5.74) is 0.297. The number of para-hydroxylation sites is 1. The molecule has 6 nitrogen and oxygen atoms in total. The van der Waals surface area contributed by atoms with Crippen LogP contribution in [0.3, 0.4) is 0 Å². The largest absolute Gasteiger partial charge is 0.457 e. The number of benzene rings is 2. The van der Waals surface area contributed by atoms with Gasteiger partial charge in [0.15, 0.2) is 0 Å². The van der Waals surface area contributed by atoms with Gasteiger partial charge in [0, 0.05) is 31.6 Å². The van der Waals surface area contributed by atoms with E-state index in [0.717, 1.165) is 63.7 Å². The summed E-state index contributed by atoms with van der Waals surface area (Å²) in [4.78, 5) is 30.2. The van der Waals surface area contributed by atoms with Crippen molar-refractivity contribution >= 4 is 17.6 Å². The standard InChI is InChI=1S/C31H41N3O3/c1-3-5-18-31(19-6-4-2)22-28(32)34(30(31)36)21-17-24-16-20-33(23-24)29(35)25-12-14-27(15-13-25)37-26-10-8-7-9-11-26/h7-15,24,32H,3-6,16-23H2,1-2H3. The Morgan fingerprint density at radius 2 is 1.65 bits per heavy atom. The van der Waals surface area contributed by atoms with E-state index >= 15 is 0 Å². The molecule has 2 amide bonds. The average Bonchev–Trinajstić information content (AvgIpc) is 3.48. The van der Waals surface area contributed by atoms with Crippen molar-refractivity contribution in [2.24, 2.45) is 11.3 Å². The molecule has 2 fully saturated rings. The minimum atomic E-state index is -0.364. The lowest BCUT2D eigenvalue weighted by Gasteiger charge is -2.27. The second-order valence-corrected chi connectivity index (χ2v) is 10.7. The fourth-order valence-corrected chi connectivity index (χ4v) is 5.72. The van der Waals surface area contributed by atoms with E-state index in [1.165, 1.54) is 0 Å². The molecule has 37 heavy (non-hydrogen) atoms. The SMILES string of the molecule is CCCCC1(CCCC)CC(=N)N(CCC2CCN(C(=O)c3ccc(Oc4ccccc4)cc3)C2)C1=O. The maximum Gasteiger partial charge on any atom is 0.253 e. The summed E-state index contributed by atoms with van der Waals surface area (Å²) in [6.45, 7) is 6.35. The lowest BCUT2D eigenvalue weighted by atomic mass is 9.77. The van der Waals surface area contributed by atoms with Crippen LogP contribution < -0.4 is 4.74 Å². The first-order valence-corrected chi connectivity index (χ1v) is 14.0. The summed E-state index contributed by atoms with van der Waals surface area (Å²) in [7, 11) is 0. The summed E-state index contributed by atoms with van der Waals surface area (Å²) < 4.78 is 5.84. The average molecular weight is 504 g/mol. The number of nitrogens with zero attached hydrogens (tertiary/aromatic N) is 2. The highest BCUT2D eigenvalue weighted by atomic mass is 16.5. The minimum Gasteiger partial charge on any atom is -0.457 e. The van der Waals surface area contributed by atoms with Gasteiger partial charge in [-0.3, -0.25) is 15.0 Å². The van der Waals surface area contributed by atoms with Crippen molar-refractivity contribution in [3.8, 4) is 11.5 Å². The molecule has 2 aromatic rings. The van der Waals surface area contributed by atoms with Gasteiger partial charge < -0.3 is 14.5 Å². The van der Waals surface area contributed by atoms with Crippen LogP contribution in [0.2, 0.25) is 0 Å². The van der Waals surface area contributed by atoms with Crippen LogP contribution in [0.4, 0.5) is 0 Å². The van der Waals surface area contributed by atoms with Crippen LogP contribution in [0.5, 0.6) is 11.5 Å². The minimum absolute atomic E-state index is 0.0388. The molecule has 198 valence electrons. The third kappa shape index (κ3) is 6.41. The lowest BCUT2D eigenvalue weighted by Crippen LogP contribution is -2.37. The second kappa shape index (κ2) is 12.4. The van der Waals surface area contributed by atoms with Crippen molar-refractivity contribution in [1.29, 1.82) is 5.41 Å².